The van der Waals surface area contributed by atoms with E-state index in [1.54, 1.807) is 13.8 Å². The molecule has 2 fully saturated rings. The van der Waals surface area contributed by atoms with Crippen LogP contribution in [-0.2, 0) is 28.4 Å². The molecule has 4 heterocycles. The molecule has 47 heavy (non-hydrogen) atoms. The highest BCUT2D eigenvalue weighted by atomic mass is 16.7. The van der Waals surface area contributed by atoms with Crippen molar-refractivity contribution < 1.29 is 38.6 Å². The summed E-state index contributed by atoms with van der Waals surface area (Å²) in [4.78, 5) is 51.2. The maximum atomic E-state index is 11.9. The lowest BCUT2D eigenvalue weighted by Gasteiger charge is -2.16. The molecule has 0 radical (unpaired) electrons. The van der Waals surface area contributed by atoms with Gasteiger partial charge in [0.15, 0.2) is 0 Å². The number of allylic oxidation sites excluding steroid dienone is 1. The molecule has 2 aliphatic heterocycles. The molecule has 2 aromatic rings. The van der Waals surface area contributed by atoms with E-state index in [0.717, 1.165) is 12.0 Å². The molecule has 0 aliphatic carbocycles. The fraction of sp³-hybridized carbons (Fsp3) is 0.613. The SMILES string of the molecule is C=C(C)COCOC1CC(n2cc(C)c(=O)[nH]c2=O)OC1CO.CC/C=C/COCOC1CC(n2cc(C)c(=O)[nH]c2=O)OC1CO. The first-order valence-corrected chi connectivity index (χ1v) is 15.3. The van der Waals surface area contributed by atoms with E-state index in [9.17, 15) is 29.4 Å². The highest BCUT2D eigenvalue weighted by Gasteiger charge is 2.38. The fourth-order valence-corrected chi connectivity index (χ4v) is 4.86. The Morgan fingerprint density at radius 2 is 1.34 bits per heavy atom. The molecule has 0 spiro atoms. The van der Waals surface area contributed by atoms with Gasteiger partial charge in [-0.05, 0) is 27.2 Å². The molecule has 6 unspecified atom stereocenters. The third-order valence-corrected chi connectivity index (χ3v) is 7.33. The summed E-state index contributed by atoms with van der Waals surface area (Å²) in [5.41, 5.74) is -0.256. The Labute approximate surface area is 271 Å². The Morgan fingerprint density at radius 3 is 1.77 bits per heavy atom. The molecule has 0 bridgehead atoms. The number of hydrogen-bond acceptors (Lipinski definition) is 12. The Morgan fingerprint density at radius 1 is 0.872 bits per heavy atom. The predicted octanol–water partition coefficient (Wildman–Crippen LogP) is 0.511. The van der Waals surface area contributed by atoms with E-state index in [-0.39, 0.29) is 26.8 Å². The highest BCUT2D eigenvalue weighted by molar-refractivity contribution is 5.03. The van der Waals surface area contributed by atoms with Gasteiger partial charge in [0.05, 0.1) is 38.6 Å². The molecule has 0 aromatic carbocycles. The number of nitrogens with zero attached hydrogens (tertiary/aromatic N) is 2. The van der Waals surface area contributed by atoms with Crippen molar-refractivity contribution in [2.45, 2.75) is 83.8 Å². The first kappa shape index (κ1) is 38.0. The molecule has 16 nitrogen and oxygen atoms in total. The maximum absolute atomic E-state index is 11.9. The van der Waals surface area contributed by atoms with Crippen molar-refractivity contribution in [2.75, 3.05) is 40.0 Å². The summed E-state index contributed by atoms with van der Waals surface area (Å²) in [6.07, 6.45) is 5.37. The molecule has 0 amide bonds. The zero-order valence-electron chi connectivity index (χ0n) is 27.2. The average Bonchev–Trinajstić information content (AvgIpc) is 3.64. The van der Waals surface area contributed by atoms with Crippen LogP contribution in [-0.4, -0.2) is 93.7 Å². The second-order valence-corrected chi connectivity index (χ2v) is 11.3. The third kappa shape index (κ3) is 11.0. The largest absolute Gasteiger partial charge is 0.394 e. The van der Waals surface area contributed by atoms with Crippen LogP contribution in [0, 0.1) is 13.8 Å². The van der Waals surface area contributed by atoms with Crippen LogP contribution in [0.5, 0.6) is 0 Å². The summed E-state index contributed by atoms with van der Waals surface area (Å²) in [5, 5.41) is 18.8. The minimum Gasteiger partial charge on any atom is -0.394 e. The number of aliphatic hydroxyl groups is 2. The number of nitrogens with one attached hydrogen (secondary N) is 2. The van der Waals surface area contributed by atoms with Crippen LogP contribution in [0.15, 0.2) is 55.9 Å². The van der Waals surface area contributed by atoms with Gasteiger partial charge in [-0.3, -0.25) is 28.7 Å². The Kier molecular flexibility index (Phi) is 15.2. The number of H-pyrrole nitrogens is 2. The lowest BCUT2D eigenvalue weighted by molar-refractivity contribution is -0.115. The predicted molar refractivity (Wildman–Crippen MR) is 169 cm³/mol. The summed E-state index contributed by atoms with van der Waals surface area (Å²) in [5.74, 6) is 0. The molecule has 2 saturated heterocycles. The zero-order valence-corrected chi connectivity index (χ0v) is 27.2. The summed E-state index contributed by atoms with van der Waals surface area (Å²) in [7, 11) is 0. The van der Waals surface area contributed by atoms with Gasteiger partial charge < -0.3 is 38.6 Å². The zero-order chi connectivity index (χ0) is 34.5. The molecular weight excluding hydrogens is 620 g/mol. The monoisotopic (exact) mass is 666 g/mol. The minimum atomic E-state index is -0.610. The van der Waals surface area contributed by atoms with E-state index in [0.29, 0.717) is 37.2 Å². The third-order valence-electron chi connectivity index (χ3n) is 7.33. The molecule has 2 aromatic heterocycles. The van der Waals surface area contributed by atoms with E-state index in [1.807, 2.05) is 26.0 Å². The summed E-state index contributed by atoms with van der Waals surface area (Å²) >= 11 is 0. The van der Waals surface area contributed by atoms with Crippen LogP contribution in [0.2, 0.25) is 0 Å². The Hall–Kier alpha value is -3.48. The minimum absolute atomic E-state index is 0.0453. The normalized spacial score (nSPS) is 24.0. The van der Waals surface area contributed by atoms with Crippen LogP contribution in [0.3, 0.4) is 0 Å². The van der Waals surface area contributed by atoms with Gasteiger partial charge >= 0.3 is 11.4 Å². The number of aromatic amines is 2. The van der Waals surface area contributed by atoms with Gasteiger partial charge in [-0.1, -0.05) is 31.2 Å². The van der Waals surface area contributed by atoms with E-state index >= 15 is 0 Å². The van der Waals surface area contributed by atoms with Gasteiger partial charge in [-0.15, -0.1) is 0 Å². The van der Waals surface area contributed by atoms with Crippen LogP contribution < -0.4 is 22.5 Å². The van der Waals surface area contributed by atoms with Crippen LogP contribution >= 0.6 is 0 Å². The van der Waals surface area contributed by atoms with Gasteiger partial charge in [0, 0.05) is 36.4 Å². The highest BCUT2D eigenvalue weighted by Crippen LogP contribution is 2.30. The smallest absolute Gasteiger partial charge is 0.330 e. The van der Waals surface area contributed by atoms with E-state index < -0.39 is 59.4 Å². The van der Waals surface area contributed by atoms with E-state index in [1.165, 1.54) is 21.5 Å². The number of aromatic nitrogens is 4. The first-order chi connectivity index (χ1) is 22.5. The van der Waals surface area contributed by atoms with Crippen molar-refractivity contribution in [3.63, 3.8) is 0 Å². The van der Waals surface area contributed by atoms with Crippen LogP contribution in [0.4, 0.5) is 0 Å². The van der Waals surface area contributed by atoms with Crippen molar-refractivity contribution >= 4 is 0 Å². The average molecular weight is 667 g/mol. The fourth-order valence-electron chi connectivity index (χ4n) is 4.86. The van der Waals surface area contributed by atoms with E-state index in [2.05, 4.69) is 16.5 Å². The van der Waals surface area contributed by atoms with Crippen molar-refractivity contribution in [2.24, 2.45) is 0 Å². The summed E-state index contributed by atoms with van der Waals surface area (Å²) < 4.78 is 35.7. The second kappa shape index (κ2) is 18.8. The van der Waals surface area contributed by atoms with Crippen LogP contribution in [0.25, 0.3) is 0 Å². The van der Waals surface area contributed by atoms with Crippen molar-refractivity contribution in [3.05, 3.63) is 89.5 Å². The lowest BCUT2D eigenvalue weighted by Crippen LogP contribution is -2.33. The molecule has 0 saturated carbocycles. The molecule has 4 N–H and O–H groups in total. The standard InChI is InChI=1S/C16H24N2O6.C15H22N2O6/c1-3-4-5-6-22-10-23-12-7-14(24-13(12)9-19)18-8-11(2)15(20)17-16(18)21;1-9(2)7-21-8-22-11-4-13(23-12(11)6-18)17-5-10(3)14(19)16-15(17)20/h4-5,8,12-14,19H,3,6-7,9-10H2,1-2H3,(H,17,20,21);5,11-13,18H,1,4,6-8H2,2-3H3,(H,16,19,20)/b5-4+;. The summed E-state index contributed by atoms with van der Waals surface area (Å²) in [6, 6.07) is 0. The quantitative estimate of drug-likeness (QED) is 0.117. The topological polar surface area (TPSA) is 206 Å². The Bertz CT molecular complexity index is 1560. The molecule has 6 atom stereocenters. The van der Waals surface area contributed by atoms with Gasteiger partial charge in [-0.25, -0.2) is 9.59 Å². The van der Waals surface area contributed by atoms with Crippen LogP contribution in [0.1, 0.15) is 56.7 Å². The van der Waals surface area contributed by atoms with Crippen molar-refractivity contribution in [3.8, 4) is 0 Å². The van der Waals surface area contributed by atoms with Crippen molar-refractivity contribution in [1.29, 1.82) is 0 Å². The van der Waals surface area contributed by atoms with Gasteiger partial charge in [0.1, 0.15) is 38.2 Å². The molecular formula is C31H46N4O12. The Balaban J connectivity index is 0.000000256. The number of aryl methyl sites for hydroxylation is 2. The molecule has 262 valence electrons. The number of rotatable bonds is 15. The van der Waals surface area contributed by atoms with Crippen molar-refractivity contribution in [1.82, 2.24) is 19.1 Å². The number of hydrogen-bond donors (Lipinski definition) is 4. The van der Waals surface area contributed by atoms with Gasteiger partial charge in [-0.2, -0.15) is 0 Å². The van der Waals surface area contributed by atoms with Gasteiger partial charge in [0.25, 0.3) is 11.1 Å². The lowest BCUT2D eigenvalue weighted by atomic mass is 10.2. The first-order valence-electron chi connectivity index (χ1n) is 15.3. The number of aliphatic hydroxyl groups excluding tert-OH is 2. The number of ether oxygens (including phenoxy) is 6. The summed E-state index contributed by atoms with van der Waals surface area (Å²) in [6.45, 7) is 11.3. The molecule has 2 aliphatic rings. The maximum Gasteiger partial charge on any atom is 0.330 e. The second-order valence-electron chi connectivity index (χ2n) is 11.3. The van der Waals surface area contributed by atoms with Gasteiger partial charge in [0.2, 0.25) is 0 Å². The molecule has 16 heteroatoms. The van der Waals surface area contributed by atoms with E-state index in [4.69, 9.17) is 28.4 Å². The molecule has 4 rings (SSSR count).